The molecular formula is C19H27ClOS2. The molecule has 1 nitrogen and oxygen atoms in total. The lowest BCUT2D eigenvalue weighted by atomic mass is 10.2. The summed E-state index contributed by atoms with van der Waals surface area (Å²) in [6, 6.07) is 15.5. The van der Waals surface area contributed by atoms with Crippen molar-refractivity contribution in [1.82, 2.24) is 0 Å². The number of hydrogen-bond acceptors (Lipinski definition) is 3. The van der Waals surface area contributed by atoms with Crippen molar-refractivity contribution in [2.45, 2.75) is 50.8 Å². The molecule has 2 aromatic carbocycles. The molecule has 0 bridgehead atoms. The van der Waals surface area contributed by atoms with E-state index in [0.717, 1.165) is 9.79 Å². The average molecular weight is 371 g/mol. The highest BCUT2D eigenvalue weighted by atomic mass is 35.5. The van der Waals surface area contributed by atoms with E-state index in [-0.39, 0.29) is 5.78 Å². The highest BCUT2D eigenvalue weighted by molar-refractivity contribution is 7.80. The minimum atomic E-state index is 0.255. The molecule has 0 heterocycles. The van der Waals surface area contributed by atoms with Gasteiger partial charge in [-0.15, -0.1) is 25.3 Å². The summed E-state index contributed by atoms with van der Waals surface area (Å²) in [5.41, 5.74) is 1.23. The number of Topliss-reactive ketones (excluding diaryl/α,β-unsaturated/α-hetero) is 1. The van der Waals surface area contributed by atoms with Gasteiger partial charge in [-0.3, -0.25) is 0 Å². The molecule has 0 fully saturated rings. The topological polar surface area (TPSA) is 17.1 Å². The van der Waals surface area contributed by atoms with Crippen molar-refractivity contribution in [3.63, 3.8) is 0 Å². The lowest BCUT2D eigenvalue weighted by molar-refractivity contribution is -0.116. The summed E-state index contributed by atoms with van der Waals surface area (Å²) >= 11 is 13.9. The van der Waals surface area contributed by atoms with Crippen LogP contribution < -0.4 is 0 Å². The molecule has 2 rings (SSSR count). The van der Waals surface area contributed by atoms with Crippen LogP contribution in [0.4, 0.5) is 0 Å². The molecule has 23 heavy (non-hydrogen) atoms. The van der Waals surface area contributed by atoms with Crippen molar-refractivity contribution < 1.29 is 4.79 Å². The largest absolute Gasteiger partial charge is 0.300 e. The van der Waals surface area contributed by atoms with Gasteiger partial charge < -0.3 is 4.79 Å². The quantitative estimate of drug-likeness (QED) is 0.520. The van der Waals surface area contributed by atoms with E-state index in [1.54, 1.807) is 6.92 Å². The van der Waals surface area contributed by atoms with E-state index in [0.29, 0.717) is 11.4 Å². The maximum Gasteiger partial charge on any atom is 0.129 e. The summed E-state index contributed by atoms with van der Waals surface area (Å²) in [7, 11) is 0. The third-order valence-corrected chi connectivity index (χ3v) is 3.82. The van der Waals surface area contributed by atoms with Crippen LogP contribution >= 0.6 is 36.9 Å². The van der Waals surface area contributed by atoms with Crippen LogP contribution in [0.2, 0.25) is 5.02 Å². The van der Waals surface area contributed by atoms with Crippen LogP contribution in [0, 0.1) is 6.92 Å². The first-order valence-electron chi connectivity index (χ1n) is 7.56. The molecule has 0 radical (unpaired) electrons. The third-order valence-electron chi connectivity index (χ3n) is 2.47. The number of benzene rings is 2. The van der Waals surface area contributed by atoms with Crippen molar-refractivity contribution in [3.8, 4) is 0 Å². The normalized spacial score (nSPS) is 8.35. The number of aryl methyl sites for hydroxylation is 1. The van der Waals surface area contributed by atoms with Gasteiger partial charge in [-0.25, -0.2) is 0 Å². The molecule has 0 saturated heterocycles. The number of thiol groups is 2. The monoisotopic (exact) mass is 370 g/mol. The lowest BCUT2D eigenvalue weighted by Gasteiger charge is -1.92. The van der Waals surface area contributed by atoms with E-state index in [2.05, 4.69) is 25.3 Å². The molecule has 0 spiro atoms. The maximum absolute atomic E-state index is 9.81. The van der Waals surface area contributed by atoms with Gasteiger partial charge >= 0.3 is 0 Å². The molecule has 0 unspecified atom stereocenters. The molecule has 0 aliphatic heterocycles. The highest BCUT2D eigenvalue weighted by Crippen LogP contribution is 2.17. The SMILES string of the molecule is CC.CCC(C)=O.Cc1ccccc1S.Sc1ccccc1Cl. The van der Waals surface area contributed by atoms with E-state index < -0.39 is 0 Å². The summed E-state index contributed by atoms with van der Waals surface area (Å²) in [6.07, 6.45) is 0.667. The number of halogens is 1. The van der Waals surface area contributed by atoms with Gasteiger partial charge in [0.2, 0.25) is 0 Å². The average Bonchev–Trinajstić information content (AvgIpc) is 2.56. The number of rotatable bonds is 1. The van der Waals surface area contributed by atoms with Crippen molar-refractivity contribution in [3.05, 3.63) is 59.1 Å². The first-order chi connectivity index (χ1) is 10.9. The molecule has 0 amide bonds. The number of hydrogen-bond donors (Lipinski definition) is 2. The Bertz CT molecular complexity index is 471. The molecule has 0 N–H and O–H groups in total. The van der Waals surface area contributed by atoms with Crippen LogP contribution in [-0.2, 0) is 4.79 Å². The van der Waals surface area contributed by atoms with Gasteiger partial charge in [-0.2, -0.15) is 0 Å². The van der Waals surface area contributed by atoms with Crippen molar-refractivity contribution in [2.24, 2.45) is 0 Å². The van der Waals surface area contributed by atoms with Gasteiger partial charge in [0.25, 0.3) is 0 Å². The van der Waals surface area contributed by atoms with Gasteiger partial charge in [0.05, 0.1) is 5.02 Å². The number of ketones is 1. The molecule has 4 heteroatoms. The van der Waals surface area contributed by atoms with Crippen LogP contribution in [0.3, 0.4) is 0 Å². The Labute approximate surface area is 157 Å². The van der Waals surface area contributed by atoms with Gasteiger partial charge in [-0.05, 0) is 37.6 Å². The van der Waals surface area contributed by atoms with Crippen LogP contribution in [0.25, 0.3) is 0 Å². The number of carbonyl (C=O) groups excluding carboxylic acids is 1. The number of carbonyl (C=O) groups is 1. The summed E-state index contributed by atoms with van der Waals surface area (Å²) in [5.74, 6) is 0.255. The van der Waals surface area contributed by atoms with Gasteiger partial charge in [-0.1, -0.05) is 62.7 Å². The second-order valence-corrected chi connectivity index (χ2v) is 5.66. The maximum atomic E-state index is 9.81. The fourth-order valence-corrected chi connectivity index (χ4v) is 1.47. The fourth-order valence-electron chi connectivity index (χ4n) is 1.02. The Kier molecular flexibility index (Phi) is 16.9. The smallest absolute Gasteiger partial charge is 0.129 e. The second kappa shape index (κ2) is 16.0. The van der Waals surface area contributed by atoms with Crippen LogP contribution in [0.1, 0.15) is 39.7 Å². The third kappa shape index (κ3) is 14.4. The van der Waals surface area contributed by atoms with Crippen LogP contribution in [-0.4, -0.2) is 5.78 Å². The predicted molar refractivity (Wildman–Crippen MR) is 109 cm³/mol. The summed E-state index contributed by atoms with van der Waals surface area (Å²) in [4.78, 5) is 11.7. The minimum Gasteiger partial charge on any atom is -0.300 e. The molecule has 0 saturated carbocycles. The Morgan fingerprint density at radius 2 is 1.35 bits per heavy atom. The van der Waals surface area contributed by atoms with E-state index >= 15 is 0 Å². The zero-order chi connectivity index (χ0) is 18.3. The first kappa shape index (κ1) is 24.4. The van der Waals surface area contributed by atoms with Crippen molar-refractivity contribution in [2.75, 3.05) is 0 Å². The molecule has 0 aliphatic rings. The van der Waals surface area contributed by atoms with Crippen LogP contribution in [0.15, 0.2) is 58.3 Å². The Morgan fingerprint density at radius 1 is 0.957 bits per heavy atom. The predicted octanol–water partition coefficient (Wildman–Crippen LogP) is 6.92. The van der Waals surface area contributed by atoms with Crippen LogP contribution in [0.5, 0.6) is 0 Å². The van der Waals surface area contributed by atoms with Gasteiger partial charge in [0, 0.05) is 16.2 Å². The molecule has 128 valence electrons. The fraction of sp³-hybridized carbons (Fsp3) is 0.316. The van der Waals surface area contributed by atoms with Gasteiger partial charge in [0.1, 0.15) is 5.78 Å². The lowest BCUT2D eigenvalue weighted by Crippen LogP contribution is -1.80. The molecular weight excluding hydrogens is 344 g/mol. The van der Waals surface area contributed by atoms with Gasteiger partial charge in [0.15, 0.2) is 0 Å². The summed E-state index contributed by atoms with van der Waals surface area (Å²) < 4.78 is 0. The van der Waals surface area contributed by atoms with E-state index in [4.69, 9.17) is 11.6 Å². The second-order valence-electron chi connectivity index (χ2n) is 4.29. The zero-order valence-electron chi connectivity index (χ0n) is 14.5. The molecule has 0 atom stereocenters. The zero-order valence-corrected chi connectivity index (χ0v) is 17.1. The van der Waals surface area contributed by atoms with E-state index in [9.17, 15) is 4.79 Å². The molecule has 2 aromatic rings. The standard InChI is InChI=1S/C7H8S.C6H5ClS.C4H8O.C2H6/c1-6-4-2-3-5-7(6)8;7-5-3-1-2-4-6(5)8;1-3-4(2)5;1-2/h2-5,8H,1H3;1-4,8H;3H2,1-2H3;1-2H3. The highest BCUT2D eigenvalue weighted by Gasteiger charge is 1.87. The molecule has 0 aliphatic carbocycles. The first-order valence-corrected chi connectivity index (χ1v) is 8.83. The van der Waals surface area contributed by atoms with E-state index in [1.807, 2.05) is 76.2 Å². The Hall–Kier alpha value is -0.900. The van der Waals surface area contributed by atoms with Crippen molar-refractivity contribution >= 4 is 42.6 Å². The summed E-state index contributed by atoms with van der Waals surface area (Å²) in [6.45, 7) is 9.48. The minimum absolute atomic E-state index is 0.255. The summed E-state index contributed by atoms with van der Waals surface area (Å²) in [5, 5.41) is 0.704. The van der Waals surface area contributed by atoms with Crippen molar-refractivity contribution in [1.29, 1.82) is 0 Å². The Morgan fingerprint density at radius 3 is 1.57 bits per heavy atom. The molecule has 0 aromatic heterocycles. The van der Waals surface area contributed by atoms with E-state index in [1.165, 1.54) is 5.56 Å². The Balaban J connectivity index is 0.